The average Bonchev–Trinajstić information content (AvgIpc) is 2.69. The molecule has 0 spiro atoms. The highest BCUT2D eigenvalue weighted by atomic mass is 79.9. The Morgan fingerprint density at radius 3 is 2.76 bits per heavy atom. The predicted molar refractivity (Wildman–Crippen MR) is 80.9 cm³/mol. The molecule has 1 heterocycles. The molecule has 0 bridgehead atoms. The fraction of sp³-hybridized carbons (Fsp3) is 0.133. The van der Waals surface area contributed by atoms with Crippen LogP contribution in [0.5, 0.6) is 11.5 Å². The minimum atomic E-state index is -0.669. The van der Waals surface area contributed by atoms with E-state index < -0.39 is 6.04 Å². The maximum absolute atomic E-state index is 13.1. The highest BCUT2D eigenvalue weighted by Crippen LogP contribution is 2.40. The second-order valence-corrected chi connectivity index (χ2v) is 5.70. The number of benzene rings is 2. The molecule has 0 aromatic heterocycles. The summed E-state index contributed by atoms with van der Waals surface area (Å²) in [7, 11) is 0. The molecule has 0 aliphatic carbocycles. The van der Waals surface area contributed by atoms with E-state index in [1.54, 1.807) is 25.1 Å². The molecule has 21 heavy (non-hydrogen) atoms. The van der Waals surface area contributed by atoms with Gasteiger partial charge in [-0.05, 0) is 52.7 Å². The standard InChI is InChI=1S/C15H12BrFN2O2/c1-7-4-8(17)2-3-12(7)21-13-6-11-9(5-10(13)16)14(18)15(20)19-11/h2-6,14H,18H2,1H3,(H,19,20). The monoisotopic (exact) mass is 350 g/mol. The van der Waals surface area contributed by atoms with Gasteiger partial charge in [-0.2, -0.15) is 0 Å². The van der Waals surface area contributed by atoms with Gasteiger partial charge in [-0.25, -0.2) is 4.39 Å². The van der Waals surface area contributed by atoms with Gasteiger partial charge >= 0.3 is 0 Å². The first-order valence-electron chi connectivity index (χ1n) is 6.29. The Hall–Kier alpha value is -1.92. The molecule has 1 unspecified atom stereocenters. The zero-order valence-electron chi connectivity index (χ0n) is 11.1. The molecule has 1 amide bonds. The Morgan fingerprint density at radius 1 is 1.29 bits per heavy atom. The van der Waals surface area contributed by atoms with Crippen LogP contribution in [-0.2, 0) is 4.79 Å². The largest absolute Gasteiger partial charge is 0.456 e. The second-order valence-electron chi connectivity index (χ2n) is 4.85. The lowest BCUT2D eigenvalue weighted by Crippen LogP contribution is -2.19. The third kappa shape index (κ3) is 2.52. The quantitative estimate of drug-likeness (QED) is 0.868. The number of nitrogens with two attached hydrogens (primary N) is 1. The molecular weight excluding hydrogens is 339 g/mol. The zero-order valence-corrected chi connectivity index (χ0v) is 12.7. The molecule has 1 aliphatic heterocycles. The van der Waals surface area contributed by atoms with Gasteiger partial charge in [0, 0.05) is 17.3 Å². The van der Waals surface area contributed by atoms with Crippen molar-refractivity contribution in [3.63, 3.8) is 0 Å². The Balaban J connectivity index is 1.97. The van der Waals surface area contributed by atoms with E-state index in [9.17, 15) is 9.18 Å². The zero-order chi connectivity index (χ0) is 15.1. The lowest BCUT2D eigenvalue weighted by Gasteiger charge is -2.12. The fourth-order valence-corrected chi connectivity index (χ4v) is 2.65. The van der Waals surface area contributed by atoms with Gasteiger partial charge < -0.3 is 15.8 Å². The summed E-state index contributed by atoms with van der Waals surface area (Å²) in [6.45, 7) is 1.76. The number of hydrogen-bond acceptors (Lipinski definition) is 3. The maximum atomic E-state index is 13.1. The van der Waals surface area contributed by atoms with Gasteiger partial charge in [0.15, 0.2) is 0 Å². The van der Waals surface area contributed by atoms with Crippen molar-refractivity contribution in [2.24, 2.45) is 5.73 Å². The summed E-state index contributed by atoms with van der Waals surface area (Å²) in [5, 5.41) is 2.70. The molecule has 6 heteroatoms. The summed E-state index contributed by atoms with van der Waals surface area (Å²) in [5.74, 6) is 0.515. The van der Waals surface area contributed by atoms with Crippen LogP contribution in [0.4, 0.5) is 10.1 Å². The van der Waals surface area contributed by atoms with Gasteiger partial charge in [-0.3, -0.25) is 4.79 Å². The maximum Gasteiger partial charge on any atom is 0.245 e. The lowest BCUT2D eigenvalue weighted by atomic mass is 10.1. The van der Waals surface area contributed by atoms with Crippen molar-refractivity contribution >= 4 is 27.5 Å². The van der Waals surface area contributed by atoms with Crippen LogP contribution in [0.15, 0.2) is 34.8 Å². The van der Waals surface area contributed by atoms with E-state index in [1.165, 1.54) is 12.1 Å². The Labute approximate surface area is 129 Å². The third-order valence-corrected chi connectivity index (χ3v) is 3.96. The van der Waals surface area contributed by atoms with Gasteiger partial charge in [0.05, 0.1) is 4.47 Å². The van der Waals surface area contributed by atoms with Crippen LogP contribution in [0.25, 0.3) is 0 Å². The molecule has 0 radical (unpaired) electrons. The number of halogens is 2. The lowest BCUT2D eigenvalue weighted by molar-refractivity contribution is -0.116. The normalized spacial score (nSPS) is 16.6. The van der Waals surface area contributed by atoms with Crippen molar-refractivity contribution in [2.75, 3.05) is 5.32 Å². The summed E-state index contributed by atoms with van der Waals surface area (Å²) in [6, 6.07) is 7.08. The van der Waals surface area contributed by atoms with Crippen molar-refractivity contribution in [1.82, 2.24) is 0 Å². The molecule has 3 rings (SSSR count). The van der Waals surface area contributed by atoms with E-state index in [2.05, 4.69) is 21.2 Å². The Bertz CT molecular complexity index is 749. The van der Waals surface area contributed by atoms with Crippen LogP contribution < -0.4 is 15.8 Å². The van der Waals surface area contributed by atoms with Crippen LogP contribution >= 0.6 is 15.9 Å². The van der Waals surface area contributed by atoms with Crippen molar-refractivity contribution in [3.8, 4) is 11.5 Å². The van der Waals surface area contributed by atoms with Crippen LogP contribution in [0.2, 0.25) is 0 Å². The Kier molecular flexibility index (Phi) is 3.43. The van der Waals surface area contributed by atoms with E-state index >= 15 is 0 Å². The number of rotatable bonds is 2. The van der Waals surface area contributed by atoms with Crippen molar-refractivity contribution in [2.45, 2.75) is 13.0 Å². The fourth-order valence-electron chi connectivity index (χ4n) is 2.21. The molecule has 0 saturated heterocycles. The van der Waals surface area contributed by atoms with Crippen molar-refractivity contribution in [1.29, 1.82) is 0 Å². The summed E-state index contributed by atoms with van der Waals surface area (Å²) >= 11 is 3.40. The average molecular weight is 351 g/mol. The van der Waals surface area contributed by atoms with Crippen LogP contribution in [-0.4, -0.2) is 5.91 Å². The highest BCUT2D eigenvalue weighted by Gasteiger charge is 2.28. The highest BCUT2D eigenvalue weighted by molar-refractivity contribution is 9.10. The molecule has 1 aliphatic rings. The number of aryl methyl sites for hydroxylation is 1. The number of ether oxygens (including phenoxy) is 1. The van der Waals surface area contributed by atoms with E-state index in [0.29, 0.717) is 27.2 Å². The number of amides is 1. The third-order valence-electron chi connectivity index (χ3n) is 3.34. The van der Waals surface area contributed by atoms with Crippen molar-refractivity contribution < 1.29 is 13.9 Å². The van der Waals surface area contributed by atoms with Gasteiger partial charge in [0.1, 0.15) is 23.4 Å². The first-order valence-corrected chi connectivity index (χ1v) is 7.09. The molecule has 2 aromatic rings. The number of fused-ring (bicyclic) bond motifs is 1. The molecule has 2 aromatic carbocycles. The summed E-state index contributed by atoms with van der Waals surface area (Å²) < 4.78 is 19.6. The SMILES string of the molecule is Cc1cc(F)ccc1Oc1cc2c(cc1Br)C(N)C(=O)N2. The number of hydrogen-bond donors (Lipinski definition) is 2. The molecule has 1 atom stereocenters. The van der Waals surface area contributed by atoms with Gasteiger partial charge in [0.2, 0.25) is 5.91 Å². The van der Waals surface area contributed by atoms with E-state index in [-0.39, 0.29) is 11.7 Å². The first-order chi connectivity index (χ1) is 9.95. The van der Waals surface area contributed by atoms with Crippen LogP contribution in [0.3, 0.4) is 0 Å². The molecule has 4 nitrogen and oxygen atoms in total. The minimum Gasteiger partial charge on any atom is -0.456 e. The van der Waals surface area contributed by atoms with E-state index in [0.717, 1.165) is 5.56 Å². The molecule has 108 valence electrons. The topological polar surface area (TPSA) is 64.3 Å². The van der Waals surface area contributed by atoms with Crippen LogP contribution in [0, 0.1) is 12.7 Å². The Morgan fingerprint density at radius 2 is 2.05 bits per heavy atom. The van der Waals surface area contributed by atoms with Crippen molar-refractivity contribution in [3.05, 3.63) is 51.7 Å². The number of carbonyl (C=O) groups excluding carboxylic acids is 1. The first kappa shape index (κ1) is 14.0. The smallest absolute Gasteiger partial charge is 0.245 e. The van der Waals surface area contributed by atoms with E-state index in [1.807, 2.05) is 0 Å². The molecular formula is C15H12BrFN2O2. The second kappa shape index (κ2) is 5.13. The summed E-state index contributed by atoms with van der Waals surface area (Å²) in [5.41, 5.74) is 7.82. The van der Waals surface area contributed by atoms with E-state index in [4.69, 9.17) is 10.5 Å². The molecule has 0 saturated carbocycles. The van der Waals surface area contributed by atoms with Crippen LogP contribution in [0.1, 0.15) is 17.2 Å². The molecule has 0 fully saturated rings. The number of anilines is 1. The predicted octanol–water partition coefficient (Wildman–Crippen LogP) is 3.64. The molecule has 3 N–H and O–H groups in total. The number of nitrogens with one attached hydrogen (secondary N) is 1. The van der Waals surface area contributed by atoms with Gasteiger partial charge in [0.25, 0.3) is 0 Å². The minimum absolute atomic E-state index is 0.244. The number of carbonyl (C=O) groups is 1. The summed E-state index contributed by atoms with van der Waals surface area (Å²) in [4.78, 5) is 11.6. The van der Waals surface area contributed by atoms with Gasteiger partial charge in [-0.1, -0.05) is 0 Å². The summed E-state index contributed by atoms with van der Waals surface area (Å²) in [6.07, 6.45) is 0. The van der Waals surface area contributed by atoms with Gasteiger partial charge in [-0.15, -0.1) is 0 Å².